The molecule has 0 aliphatic heterocycles. The van der Waals surface area contributed by atoms with Crippen molar-refractivity contribution in [1.82, 2.24) is 10.2 Å². The average Bonchev–Trinajstić information content (AvgIpc) is 3.00. The molecule has 0 spiro atoms. The van der Waals surface area contributed by atoms with E-state index in [1.807, 2.05) is 0 Å². The lowest BCUT2D eigenvalue weighted by molar-refractivity contribution is 0.0912. The number of carbonyl (C=O) groups is 1. The van der Waals surface area contributed by atoms with Crippen molar-refractivity contribution in [2.45, 2.75) is 39.8 Å². The standard InChI is InChI=1S/C19H25FN2O2/c1-13(2)22(14(3)4)12-11-21-19(23)18-10-9-17(24-18)15-7-5-6-8-16(15)20/h5-10,13-14H,11-12H2,1-4H3,(H,21,23). The van der Waals surface area contributed by atoms with E-state index in [0.29, 0.717) is 30.0 Å². The predicted molar refractivity (Wildman–Crippen MR) is 93.4 cm³/mol. The van der Waals surface area contributed by atoms with Crippen LogP contribution in [0.4, 0.5) is 4.39 Å². The maximum atomic E-state index is 13.8. The minimum absolute atomic E-state index is 0.189. The van der Waals surface area contributed by atoms with E-state index in [2.05, 4.69) is 37.9 Å². The molecule has 2 aromatic rings. The number of hydrogen-bond acceptors (Lipinski definition) is 3. The van der Waals surface area contributed by atoms with Crippen molar-refractivity contribution in [2.24, 2.45) is 0 Å². The lowest BCUT2D eigenvalue weighted by Gasteiger charge is -2.30. The quantitative estimate of drug-likeness (QED) is 0.835. The summed E-state index contributed by atoms with van der Waals surface area (Å²) in [5.41, 5.74) is 0.349. The van der Waals surface area contributed by atoms with Crippen LogP contribution in [0.2, 0.25) is 0 Å². The van der Waals surface area contributed by atoms with Crippen LogP contribution in [0.25, 0.3) is 11.3 Å². The van der Waals surface area contributed by atoms with Gasteiger partial charge in [0.2, 0.25) is 0 Å². The second-order valence-corrected chi connectivity index (χ2v) is 6.32. The highest BCUT2D eigenvalue weighted by atomic mass is 19.1. The molecule has 0 saturated heterocycles. The smallest absolute Gasteiger partial charge is 0.287 e. The molecule has 0 atom stereocenters. The summed E-state index contributed by atoms with van der Waals surface area (Å²) < 4.78 is 19.3. The van der Waals surface area contributed by atoms with E-state index in [9.17, 15) is 9.18 Å². The molecular formula is C19H25FN2O2. The molecule has 1 aromatic carbocycles. The molecule has 0 radical (unpaired) electrons. The summed E-state index contributed by atoms with van der Waals surface area (Å²) in [6.45, 7) is 9.83. The molecule has 0 unspecified atom stereocenters. The number of rotatable bonds is 7. The molecule has 2 rings (SSSR count). The van der Waals surface area contributed by atoms with Gasteiger partial charge < -0.3 is 9.73 Å². The monoisotopic (exact) mass is 332 g/mol. The van der Waals surface area contributed by atoms with Gasteiger partial charge in [-0.05, 0) is 52.0 Å². The Hall–Kier alpha value is -2.14. The largest absolute Gasteiger partial charge is 0.451 e. The second kappa shape index (κ2) is 8.11. The summed E-state index contributed by atoms with van der Waals surface area (Å²) in [6.07, 6.45) is 0. The third-order valence-corrected chi connectivity index (χ3v) is 3.95. The van der Waals surface area contributed by atoms with Gasteiger partial charge >= 0.3 is 0 Å². The first-order valence-corrected chi connectivity index (χ1v) is 8.28. The van der Waals surface area contributed by atoms with Gasteiger partial charge in [0, 0.05) is 25.2 Å². The van der Waals surface area contributed by atoms with E-state index < -0.39 is 0 Å². The Balaban J connectivity index is 1.96. The number of nitrogens with zero attached hydrogens (tertiary/aromatic N) is 1. The van der Waals surface area contributed by atoms with Gasteiger partial charge in [0.05, 0.1) is 5.56 Å². The minimum atomic E-state index is -0.372. The number of furan rings is 1. The number of carbonyl (C=O) groups excluding carboxylic acids is 1. The molecule has 0 aliphatic carbocycles. The Morgan fingerprint density at radius 3 is 2.42 bits per heavy atom. The summed E-state index contributed by atoms with van der Waals surface area (Å²) in [7, 11) is 0. The normalized spacial score (nSPS) is 11.5. The Morgan fingerprint density at radius 2 is 1.79 bits per heavy atom. The summed E-state index contributed by atoms with van der Waals surface area (Å²) in [5.74, 6) is -0.119. The molecular weight excluding hydrogens is 307 g/mol. The van der Waals surface area contributed by atoms with Gasteiger partial charge in [0.1, 0.15) is 11.6 Å². The number of benzene rings is 1. The highest BCUT2D eigenvalue weighted by Gasteiger charge is 2.16. The zero-order chi connectivity index (χ0) is 17.7. The SMILES string of the molecule is CC(C)N(CCNC(=O)c1ccc(-c2ccccc2F)o1)C(C)C. The van der Waals surface area contributed by atoms with Crippen molar-refractivity contribution in [1.29, 1.82) is 0 Å². The van der Waals surface area contributed by atoms with E-state index in [-0.39, 0.29) is 17.5 Å². The number of amides is 1. The Kier molecular flexibility index (Phi) is 6.15. The van der Waals surface area contributed by atoms with Gasteiger partial charge in [0.15, 0.2) is 5.76 Å². The highest BCUT2D eigenvalue weighted by molar-refractivity contribution is 5.92. The number of hydrogen-bond donors (Lipinski definition) is 1. The second-order valence-electron chi connectivity index (χ2n) is 6.32. The van der Waals surface area contributed by atoms with Gasteiger partial charge in [-0.25, -0.2) is 4.39 Å². The molecule has 0 aliphatic rings. The van der Waals surface area contributed by atoms with Crippen molar-refractivity contribution < 1.29 is 13.6 Å². The van der Waals surface area contributed by atoms with Crippen LogP contribution in [-0.4, -0.2) is 36.0 Å². The molecule has 0 saturated carbocycles. The summed E-state index contributed by atoms with van der Waals surface area (Å²) in [5, 5.41) is 2.85. The minimum Gasteiger partial charge on any atom is -0.451 e. The molecule has 4 nitrogen and oxygen atoms in total. The van der Waals surface area contributed by atoms with Crippen LogP contribution in [0.5, 0.6) is 0 Å². The topological polar surface area (TPSA) is 45.5 Å². The molecule has 5 heteroatoms. The van der Waals surface area contributed by atoms with Gasteiger partial charge in [0.25, 0.3) is 5.91 Å². The van der Waals surface area contributed by atoms with Crippen molar-refractivity contribution in [3.8, 4) is 11.3 Å². The van der Waals surface area contributed by atoms with E-state index in [1.165, 1.54) is 6.07 Å². The summed E-state index contributed by atoms with van der Waals surface area (Å²) >= 11 is 0. The third kappa shape index (κ3) is 4.45. The van der Waals surface area contributed by atoms with E-state index >= 15 is 0 Å². The zero-order valence-electron chi connectivity index (χ0n) is 14.7. The van der Waals surface area contributed by atoms with E-state index in [1.54, 1.807) is 30.3 Å². The fourth-order valence-corrected chi connectivity index (χ4v) is 2.76. The van der Waals surface area contributed by atoms with Crippen molar-refractivity contribution >= 4 is 5.91 Å². The first kappa shape index (κ1) is 18.2. The van der Waals surface area contributed by atoms with Crippen LogP contribution in [0, 0.1) is 5.82 Å². The van der Waals surface area contributed by atoms with Crippen molar-refractivity contribution in [2.75, 3.05) is 13.1 Å². The van der Waals surface area contributed by atoms with Crippen LogP contribution in [0.1, 0.15) is 38.2 Å². The molecule has 130 valence electrons. The molecule has 0 fully saturated rings. The molecule has 1 aromatic heterocycles. The van der Waals surface area contributed by atoms with E-state index in [4.69, 9.17) is 4.42 Å². The molecule has 24 heavy (non-hydrogen) atoms. The molecule has 0 bridgehead atoms. The van der Waals surface area contributed by atoms with Crippen LogP contribution >= 0.6 is 0 Å². The maximum Gasteiger partial charge on any atom is 0.287 e. The maximum absolute atomic E-state index is 13.8. The van der Waals surface area contributed by atoms with Crippen LogP contribution in [-0.2, 0) is 0 Å². The van der Waals surface area contributed by atoms with Gasteiger partial charge in [-0.15, -0.1) is 0 Å². The fraction of sp³-hybridized carbons (Fsp3) is 0.421. The number of halogens is 1. The first-order valence-electron chi connectivity index (χ1n) is 8.28. The highest BCUT2D eigenvalue weighted by Crippen LogP contribution is 2.24. The lowest BCUT2D eigenvalue weighted by atomic mass is 10.1. The van der Waals surface area contributed by atoms with E-state index in [0.717, 1.165) is 6.54 Å². The Labute approximate surface area is 142 Å². The van der Waals surface area contributed by atoms with Gasteiger partial charge in [-0.1, -0.05) is 12.1 Å². The van der Waals surface area contributed by atoms with Crippen LogP contribution in [0.15, 0.2) is 40.8 Å². The van der Waals surface area contributed by atoms with Gasteiger partial charge in [-0.3, -0.25) is 9.69 Å². The predicted octanol–water partition coefficient (Wildman–Crippen LogP) is 3.93. The third-order valence-electron chi connectivity index (χ3n) is 3.95. The fourth-order valence-electron chi connectivity index (χ4n) is 2.76. The molecule has 1 amide bonds. The lowest BCUT2D eigenvalue weighted by Crippen LogP contribution is -2.42. The zero-order valence-corrected chi connectivity index (χ0v) is 14.7. The Bertz CT molecular complexity index is 672. The van der Waals surface area contributed by atoms with Crippen LogP contribution in [0.3, 0.4) is 0 Å². The summed E-state index contributed by atoms with van der Waals surface area (Å²) in [6, 6.07) is 10.3. The average molecular weight is 332 g/mol. The Morgan fingerprint density at radius 1 is 1.12 bits per heavy atom. The van der Waals surface area contributed by atoms with Gasteiger partial charge in [-0.2, -0.15) is 0 Å². The molecule has 1 heterocycles. The first-order chi connectivity index (χ1) is 11.4. The van der Waals surface area contributed by atoms with Crippen molar-refractivity contribution in [3.63, 3.8) is 0 Å². The van der Waals surface area contributed by atoms with Crippen molar-refractivity contribution in [3.05, 3.63) is 48.0 Å². The van der Waals surface area contributed by atoms with Crippen LogP contribution < -0.4 is 5.32 Å². The molecule has 1 N–H and O–H groups in total. The number of nitrogens with one attached hydrogen (secondary N) is 1. The summed E-state index contributed by atoms with van der Waals surface area (Å²) in [4.78, 5) is 14.5.